The largest absolute Gasteiger partial charge is 0.322 e. The number of carbonyl (C=O) groups excluding carboxylic acids is 1. The lowest BCUT2D eigenvalue weighted by molar-refractivity contribution is -0.384. The summed E-state index contributed by atoms with van der Waals surface area (Å²) in [6, 6.07) is 10.9. The highest BCUT2D eigenvalue weighted by molar-refractivity contribution is 7.89. The summed E-state index contributed by atoms with van der Waals surface area (Å²) in [6.07, 6.45) is 1.18. The van der Waals surface area contributed by atoms with Crippen molar-refractivity contribution in [3.8, 4) is 0 Å². The first-order valence-electron chi connectivity index (χ1n) is 8.95. The number of hydrogen-bond acceptors (Lipinski definition) is 5. The number of nitrogens with zero attached hydrogens (tertiary/aromatic N) is 2. The number of nitrogens with one attached hydrogen (secondary N) is 1. The molecular weight excluding hydrogens is 382 g/mol. The van der Waals surface area contributed by atoms with Gasteiger partial charge in [-0.1, -0.05) is 19.1 Å². The van der Waals surface area contributed by atoms with Gasteiger partial charge in [-0.15, -0.1) is 0 Å². The van der Waals surface area contributed by atoms with Crippen LogP contribution in [0.2, 0.25) is 0 Å². The standard InChI is InChI=1S/C19H21N3O5S/c1-2-10-28(26,27)21-9-8-14-6-7-17(11-16(14)13-21)20-19(23)15-4-3-5-18(12-15)22(24)25/h3-7,11-12H,2,8-10,13H2,1H3,(H,20,23). The molecule has 1 aliphatic heterocycles. The van der Waals surface area contributed by atoms with Gasteiger partial charge in [-0.3, -0.25) is 14.9 Å². The van der Waals surface area contributed by atoms with Gasteiger partial charge in [-0.25, -0.2) is 8.42 Å². The molecule has 0 spiro atoms. The van der Waals surface area contributed by atoms with Crippen molar-refractivity contribution in [2.75, 3.05) is 17.6 Å². The van der Waals surface area contributed by atoms with Crippen LogP contribution in [0.5, 0.6) is 0 Å². The Kier molecular flexibility index (Phi) is 5.76. The van der Waals surface area contributed by atoms with Gasteiger partial charge in [0.25, 0.3) is 11.6 Å². The Bertz CT molecular complexity index is 1020. The number of fused-ring (bicyclic) bond motifs is 1. The molecule has 3 rings (SSSR count). The summed E-state index contributed by atoms with van der Waals surface area (Å²) in [6.45, 7) is 2.56. The molecule has 28 heavy (non-hydrogen) atoms. The fraction of sp³-hybridized carbons (Fsp3) is 0.316. The highest BCUT2D eigenvalue weighted by Gasteiger charge is 2.26. The van der Waals surface area contributed by atoms with Crippen LogP contribution in [0.4, 0.5) is 11.4 Å². The molecule has 1 N–H and O–H groups in total. The molecule has 0 fully saturated rings. The predicted molar refractivity (Wildman–Crippen MR) is 106 cm³/mol. The fourth-order valence-electron chi connectivity index (χ4n) is 3.20. The molecule has 1 amide bonds. The van der Waals surface area contributed by atoms with Crippen LogP contribution in [0.3, 0.4) is 0 Å². The van der Waals surface area contributed by atoms with E-state index in [0.29, 0.717) is 25.1 Å². The third kappa shape index (κ3) is 4.37. The first-order chi connectivity index (χ1) is 13.3. The van der Waals surface area contributed by atoms with Crippen molar-refractivity contribution >= 4 is 27.3 Å². The Hall–Kier alpha value is -2.78. The van der Waals surface area contributed by atoms with Crippen molar-refractivity contribution in [3.63, 3.8) is 0 Å². The SMILES string of the molecule is CCCS(=O)(=O)N1CCc2ccc(NC(=O)c3cccc([N+](=O)[O-])c3)cc2C1. The third-order valence-electron chi connectivity index (χ3n) is 4.62. The zero-order chi connectivity index (χ0) is 20.3. The van der Waals surface area contributed by atoms with Crippen molar-refractivity contribution in [2.45, 2.75) is 26.3 Å². The molecule has 8 nitrogen and oxygen atoms in total. The smallest absolute Gasteiger partial charge is 0.270 e. The monoisotopic (exact) mass is 403 g/mol. The Balaban J connectivity index is 1.78. The minimum Gasteiger partial charge on any atom is -0.322 e. The van der Waals surface area contributed by atoms with Gasteiger partial charge < -0.3 is 5.32 Å². The molecule has 0 aliphatic carbocycles. The van der Waals surface area contributed by atoms with E-state index in [1.54, 1.807) is 12.1 Å². The maximum atomic E-state index is 12.4. The average Bonchev–Trinajstić information content (AvgIpc) is 2.67. The van der Waals surface area contributed by atoms with Crippen LogP contribution >= 0.6 is 0 Å². The molecule has 2 aromatic carbocycles. The normalized spacial score (nSPS) is 14.3. The van der Waals surface area contributed by atoms with Crippen molar-refractivity contribution in [1.29, 1.82) is 0 Å². The summed E-state index contributed by atoms with van der Waals surface area (Å²) in [5.74, 6) is -0.346. The topological polar surface area (TPSA) is 110 Å². The molecule has 0 atom stereocenters. The lowest BCUT2D eigenvalue weighted by atomic mass is 10.0. The summed E-state index contributed by atoms with van der Waals surface area (Å²) in [7, 11) is -3.29. The van der Waals surface area contributed by atoms with Gasteiger partial charge in [0.15, 0.2) is 0 Å². The quantitative estimate of drug-likeness (QED) is 0.589. The van der Waals surface area contributed by atoms with E-state index >= 15 is 0 Å². The molecule has 148 valence electrons. The summed E-state index contributed by atoms with van der Waals surface area (Å²) < 4.78 is 26.1. The van der Waals surface area contributed by atoms with E-state index in [1.807, 2.05) is 13.0 Å². The molecule has 0 unspecified atom stereocenters. The molecule has 2 aromatic rings. The zero-order valence-electron chi connectivity index (χ0n) is 15.4. The summed E-state index contributed by atoms with van der Waals surface area (Å²) in [4.78, 5) is 22.7. The first-order valence-corrected chi connectivity index (χ1v) is 10.6. The molecule has 0 saturated heterocycles. The fourth-order valence-corrected chi connectivity index (χ4v) is 4.68. The van der Waals surface area contributed by atoms with E-state index in [9.17, 15) is 23.3 Å². The Morgan fingerprint density at radius 2 is 2.00 bits per heavy atom. The first kappa shape index (κ1) is 20.0. The van der Waals surface area contributed by atoms with E-state index in [1.165, 1.54) is 28.6 Å². The van der Waals surface area contributed by atoms with Gasteiger partial charge in [0.2, 0.25) is 10.0 Å². The zero-order valence-corrected chi connectivity index (χ0v) is 16.2. The molecule has 0 saturated carbocycles. The van der Waals surface area contributed by atoms with Gasteiger partial charge in [0, 0.05) is 36.5 Å². The van der Waals surface area contributed by atoms with Crippen molar-refractivity contribution in [2.24, 2.45) is 0 Å². The highest BCUT2D eigenvalue weighted by atomic mass is 32.2. The van der Waals surface area contributed by atoms with E-state index in [2.05, 4.69) is 5.32 Å². The van der Waals surface area contributed by atoms with Crippen LogP contribution in [-0.2, 0) is 23.0 Å². The number of anilines is 1. The van der Waals surface area contributed by atoms with E-state index in [-0.39, 0.29) is 23.5 Å². The van der Waals surface area contributed by atoms with Crippen LogP contribution < -0.4 is 5.32 Å². The Labute approximate surface area is 163 Å². The third-order valence-corrected chi connectivity index (χ3v) is 6.64. The van der Waals surface area contributed by atoms with Crippen molar-refractivity contribution in [3.05, 3.63) is 69.3 Å². The van der Waals surface area contributed by atoms with Gasteiger partial charge in [-0.05, 0) is 42.2 Å². The lowest BCUT2D eigenvalue weighted by Crippen LogP contribution is -2.37. The second kappa shape index (κ2) is 8.07. The van der Waals surface area contributed by atoms with Crippen LogP contribution in [0.1, 0.15) is 34.8 Å². The molecule has 0 radical (unpaired) electrons. The minimum atomic E-state index is -3.29. The van der Waals surface area contributed by atoms with Gasteiger partial charge in [-0.2, -0.15) is 4.31 Å². The number of sulfonamides is 1. The molecular formula is C19H21N3O5S. The number of rotatable bonds is 6. The van der Waals surface area contributed by atoms with Crippen LogP contribution in [0, 0.1) is 10.1 Å². The number of non-ortho nitro benzene ring substituents is 1. The Morgan fingerprint density at radius 3 is 2.71 bits per heavy atom. The summed E-state index contributed by atoms with van der Waals surface area (Å²) in [5.41, 5.74) is 2.44. The highest BCUT2D eigenvalue weighted by Crippen LogP contribution is 2.25. The van der Waals surface area contributed by atoms with Crippen LogP contribution in [0.15, 0.2) is 42.5 Å². The molecule has 0 aromatic heterocycles. The molecule has 1 aliphatic rings. The van der Waals surface area contributed by atoms with Crippen molar-refractivity contribution < 1.29 is 18.1 Å². The second-order valence-electron chi connectivity index (χ2n) is 6.64. The van der Waals surface area contributed by atoms with E-state index in [0.717, 1.165) is 11.1 Å². The lowest BCUT2D eigenvalue weighted by Gasteiger charge is -2.28. The van der Waals surface area contributed by atoms with Gasteiger partial charge in [0.05, 0.1) is 10.7 Å². The molecule has 1 heterocycles. The van der Waals surface area contributed by atoms with Gasteiger partial charge in [0.1, 0.15) is 0 Å². The van der Waals surface area contributed by atoms with Gasteiger partial charge >= 0.3 is 0 Å². The second-order valence-corrected chi connectivity index (χ2v) is 8.73. The van der Waals surface area contributed by atoms with E-state index in [4.69, 9.17) is 0 Å². The number of nitro benzene ring substituents is 1. The predicted octanol–water partition coefficient (Wildman–Crippen LogP) is 2.95. The number of amides is 1. The number of nitro groups is 1. The van der Waals surface area contributed by atoms with Crippen LogP contribution in [0.25, 0.3) is 0 Å². The summed E-state index contributed by atoms with van der Waals surface area (Å²) >= 11 is 0. The minimum absolute atomic E-state index is 0.117. The number of carbonyl (C=O) groups is 1. The average molecular weight is 403 g/mol. The molecule has 9 heteroatoms. The number of benzene rings is 2. The van der Waals surface area contributed by atoms with E-state index < -0.39 is 20.9 Å². The van der Waals surface area contributed by atoms with Crippen LogP contribution in [-0.4, -0.2) is 35.9 Å². The Morgan fingerprint density at radius 1 is 1.21 bits per heavy atom. The molecule has 0 bridgehead atoms. The maximum absolute atomic E-state index is 12.4. The number of hydrogen-bond donors (Lipinski definition) is 1. The maximum Gasteiger partial charge on any atom is 0.270 e. The summed E-state index contributed by atoms with van der Waals surface area (Å²) in [5, 5.41) is 13.6. The van der Waals surface area contributed by atoms with Crippen molar-refractivity contribution in [1.82, 2.24) is 4.31 Å².